The van der Waals surface area contributed by atoms with E-state index in [1.54, 1.807) is 6.08 Å². The predicted octanol–water partition coefficient (Wildman–Crippen LogP) is 12.7. The summed E-state index contributed by atoms with van der Waals surface area (Å²) in [6.45, 7) is 19.5. The van der Waals surface area contributed by atoms with Gasteiger partial charge >= 0.3 is 0 Å². The Balaban J connectivity index is 1.86. The van der Waals surface area contributed by atoms with Gasteiger partial charge in [0, 0.05) is 18.3 Å². The van der Waals surface area contributed by atoms with Crippen LogP contribution in [0.2, 0.25) is 0 Å². The minimum Gasteiger partial charge on any atom is -0.309 e. The Labute approximate surface area is 294 Å². The quantitative estimate of drug-likeness (QED) is 0.0864. The van der Waals surface area contributed by atoms with Crippen LogP contribution in [0.15, 0.2) is 181 Å². The van der Waals surface area contributed by atoms with Crippen LogP contribution in [0.4, 0.5) is 5.69 Å². The van der Waals surface area contributed by atoms with Crippen LogP contribution in [-0.2, 0) is 11.8 Å². The molecule has 1 saturated carbocycles. The highest BCUT2D eigenvalue weighted by Crippen LogP contribution is 2.51. The Hall–Kier alpha value is -5.34. The van der Waals surface area contributed by atoms with Gasteiger partial charge in [-0.2, -0.15) is 0 Å². The van der Waals surface area contributed by atoms with E-state index in [0.29, 0.717) is 5.92 Å². The first-order valence-corrected chi connectivity index (χ1v) is 17.2. The Bertz CT molecular complexity index is 1850. The van der Waals surface area contributed by atoms with Crippen molar-refractivity contribution >= 4 is 18.1 Å². The summed E-state index contributed by atoms with van der Waals surface area (Å²) >= 11 is 0. The van der Waals surface area contributed by atoms with E-state index in [-0.39, 0.29) is 0 Å². The van der Waals surface area contributed by atoms with Crippen molar-refractivity contribution in [2.45, 2.75) is 51.9 Å². The second-order valence-electron chi connectivity index (χ2n) is 12.4. The summed E-state index contributed by atoms with van der Waals surface area (Å²) in [7, 11) is 0. The molecule has 2 atom stereocenters. The lowest BCUT2D eigenvalue weighted by molar-refractivity contribution is 0.682. The maximum Gasteiger partial charge on any atom is 0.0677 e. The van der Waals surface area contributed by atoms with E-state index >= 15 is 0 Å². The number of rotatable bonds is 17. The van der Waals surface area contributed by atoms with Crippen LogP contribution in [0, 0.1) is 18.3 Å². The van der Waals surface area contributed by atoms with Gasteiger partial charge in [-0.15, -0.1) is 0 Å². The predicted molar refractivity (Wildman–Crippen MR) is 215 cm³/mol. The molecule has 0 spiro atoms. The summed E-state index contributed by atoms with van der Waals surface area (Å²) in [5, 5.41) is 7.81. The standard InChI is InChI=1S/C47H50N2/c1-7-10-13-17-33-49-46-23-16-15-22-44(46)47(38(6)20-18-32-48,37(5)19-14-11-8-2)45-35-43(28-24-36(45)4)40-29-25-39(26-30-40)27-31-42-34-41(42)21-12-9-3/h7-13,15-18,20-26,28-33,35,41,48H,3,5-6,14,19,27,34H2,1-2,4H3/b10-7-,11-8-,17-13-,20-18-,21-12-,42-31+,48-32?,49-33?. The third-order valence-electron chi connectivity index (χ3n) is 9.06. The largest absolute Gasteiger partial charge is 0.309 e. The number of aliphatic imine (C=N–C) groups is 1. The zero-order chi connectivity index (χ0) is 35.1. The molecule has 0 heterocycles. The van der Waals surface area contributed by atoms with Crippen LogP contribution in [0.3, 0.4) is 0 Å². The van der Waals surface area contributed by atoms with E-state index in [2.05, 4.69) is 105 Å². The van der Waals surface area contributed by atoms with Crippen LogP contribution in [-0.4, -0.2) is 12.4 Å². The van der Waals surface area contributed by atoms with Crippen molar-refractivity contribution in [1.29, 1.82) is 5.41 Å². The molecule has 0 bridgehead atoms. The van der Waals surface area contributed by atoms with Crippen molar-refractivity contribution in [1.82, 2.24) is 0 Å². The monoisotopic (exact) mass is 642 g/mol. The number of hydrogen-bond acceptors (Lipinski definition) is 2. The normalized spacial score (nSPS) is 16.9. The number of hydrogen-bond donors (Lipinski definition) is 1. The topological polar surface area (TPSA) is 36.2 Å². The molecule has 49 heavy (non-hydrogen) atoms. The number of allylic oxidation sites excluding steroid dienone is 15. The van der Waals surface area contributed by atoms with E-state index in [4.69, 9.17) is 17.0 Å². The van der Waals surface area contributed by atoms with Gasteiger partial charge in [-0.1, -0.05) is 146 Å². The molecular weight excluding hydrogens is 593 g/mol. The van der Waals surface area contributed by atoms with Gasteiger partial charge in [0.15, 0.2) is 0 Å². The summed E-state index contributed by atoms with van der Waals surface area (Å²) in [5.74, 6) is 0.574. The molecule has 1 N–H and O–H groups in total. The minimum absolute atomic E-state index is 0.574. The van der Waals surface area contributed by atoms with Gasteiger partial charge in [0.2, 0.25) is 0 Å². The summed E-state index contributed by atoms with van der Waals surface area (Å²) in [6, 6.07) is 24.0. The van der Waals surface area contributed by atoms with Crippen molar-refractivity contribution in [3.05, 3.63) is 198 Å². The molecular formula is C47H50N2. The van der Waals surface area contributed by atoms with Crippen molar-refractivity contribution < 1.29 is 0 Å². The van der Waals surface area contributed by atoms with Gasteiger partial charge in [-0.3, -0.25) is 4.99 Å². The summed E-state index contributed by atoms with van der Waals surface area (Å²) < 4.78 is 0. The Morgan fingerprint density at radius 2 is 1.67 bits per heavy atom. The second-order valence-corrected chi connectivity index (χ2v) is 12.4. The lowest BCUT2D eigenvalue weighted by atomic mass is 9.62. The Morgan fingerprint density at radius 3 is 2.41 bits per heavy atom. The zero-order valence-corrected chi connectivity index (χ0v) is 29.4. The smallest absolute Gasteiger partial charge is 0.0677 e. The van der Waals surface area contributed by atoms with E-state index in [9.17, 15) is 0 Å². The molecule has 0 aliphatic heterocycles. The van der Waals surface area contributed by atoms with E-state index < -0.39 is 5.41 Å². The molecule has 2 heteroatoms. The van der Waals surface area contributed by atoms with Gasteiger partial charge < -0.3 is 5.41 Å². The summed E-state index contributed by atoms with van der Waals surface area (Å²) in [4.78, 5) is 4.96. The fourth-order valence-corrected chi connectivity index (χ4v) is 6.37. The summed E-state index contributed by atoms with van der Waals surface area (Å²) in [6.07, 6.45) is 31.2. The highest BCUT2D eigenvalue weighted by atomic mass is 14.7. The summed E-state index contributed by atoms with van der Waals surface area (Å²) in [5.41, 5.74) is 10.3. The minimum atomic E-state index is -0.797. The Kier molecular flexibility index (Phi) is 13.6. The number of nitrogens with zero attached hydrogens (tertiary/aromatic N) is 1. The van der Waals surface area contributed by atoms with E-state index in [0.717, 1.165) is 70.3 Å². The highest BCUT2D eigenvalue weighted by Gasteiger charge is 2.41. The molecule has 0 radical (unpaired) electrons. The first-order chi connectivity index (χ1) is 23.9. The molecule has 0 saturated heterocycles. The molecule has 4 rings (SSSR count). The first kappa shape index (κ1) is 36.5. The van der Waals surface area contributed by atoms with Crippen LogP contribution in [0.25, 0.3) is 11.1 Å². The van der Waals surface area contributed by atoms with E-state index in [1.165, 1.54) is 17.4 Å². The molecule has 3 aromatic carbocycles. The van der Waals surface area contributed by atoms with Crippen LogP contribution < -0.4 is 0 Å². The fourth-order valence-electron chi connectivity index (χ4n) is 6.37. The van der Waals surface area contributed by atoms with Crippen molar-refractivity contribution in [3.8, 4) is 11.1 Å². The third-order valence-corrected chi connectivity index (χ3v) is 9.06. The van der Waals surface area contributed by atoms with Gasteiger partial charge in [-0.05, 0) is 110 Å². The number of benzene rings is 3. The third kappa shape index (κ3) is 9.18. The first-order valence-electron chi connectivity index (χ1n) is 17.2. The molecule has 248 valence electrons. The molecule has 0 aromatic heterocycles. The van der Waals surface area contributed by atoms with Gasteiger partial charge in [-0.25, -0.2) is 0 Å². The lowest BCUT2D eigenvalue weighted by Crippen LogP contribution is -2.33. The maximum atomic E-state index is 7.81. The van der Waals surface area contributed by atoms with Gasteiger partial charge in [0.25, 0.3) is 0 Å². The molecule has 0 amide bonds. The van der Waals surface area contributed by atoms with Crippen LogP contribution in [0.1, 0.15) is 55.4 Å². The highest BCUT2D eigenvalue weighted by molar-refractivity contribution is 5.79. The fraction of sp³-hybridized carbons (Fsp3) is 0.191. The number of aryl methyl sites for hydroxylation is 1. The molecule has 1 aliphatic rings. The second kappa shape index (κ2) is 18.3. The maximum absolute atomic E-state index is 7.81. The average molecular weight is 643 g/mol. The molecule has 3 aromatic rings. The van der Waals surface area contributed by atoms with Crippen LogP contribution >= 0.6 is 0 Å². The SMILES string of the molecule is C=C/C=C\C1C/C1=C\Cc1ccc(-c2ccc(C)c(C(C(=C)/C=C\C=N)(C(=C)CC/C=C\C)c3ccccc3N=C/C=C\C=C/C)c2)cc1. The van der Waals surface area contributed by atoms with Gasteiger partial charge in [0.1, 0.15) is 0 Å². The number of para-hydroxylation sites is 1. The molecule has 1 aliphatic carbocycles. The van der Waals surface area contributed by atoms with E-state index in [1.807, 2.05) is 68.7 Å². The van der Waals surface area contributed by atoms with Crippen LogP contribution in [0.5, 0.6) is 0 Å². The molecule has 2 unspecified atom stereocenters. The number of nitrogens with one attached hydrogen (secondary N) is 1. The average Bonchev–Trinajstić information content (AvgIpc) is 3.88. The molecule has 1 fully saturated rings. The molecule has 2 nitrogen and oxygen atoms in total. The van der Waals surface area contributed by atoms with Crippen molar-refractivity contribution in [2.75, 3.05) is 0 Å². The Morgan fingerprint density at radius 1 is 0.898 bits per heavy atom. The van der Waals surface area contributed by atoms with Gasteiger partial charge in [0.05, 0.1) is 11.1 Å². The lowest BCUT2D eigenvalue weighted by Gasteiger charge is -2.40. The zero-order valence-electron chi connectivity index (χ0n) is 29.4. The van der Waals surface area contributed by atoms with Crippen molar-refractivity contribution in [2.24, 2.45) is 10.9 Å². The van der Waals surface area contributed by atoms with Crippen molar-refractivity contribution in [3.63, 3.8) is 0 Å².